The number of pyridine rings is 1. The minimum atomic E-state index is -0.426. The van der Waals surface area contributed by atoms with Crippen LogP contribution < -0.4 is 10.6 Å². The third kappa shape index (κ3) is 3.56. The fourth-order valence-electron chi connectivity index (χ4n) is 4.12. The van der Waals surface area contributed by atoms with E-state index in [0.29, 0.717) is 0 Å². The maximum absolute atomic E-state index is 12.7. The van der Waals surface area contributed by atoms with Crippen molar-refractivity contribution in [3.63, 3.8) is 0 Å². The Kier molecular flexibility index (Phi) is 4.88. The van der Waals surface area contributed by atoms with E-state index in [9.17, 15) is 4.79 Å². The minimum absolute atomic E-state index is 0.151. The lowest BCUT2D eigenvalue weighted by atomic mass is 9.79. The fourth-order valence-corrected chi connectivity index (χ4v) is 4.12. The van der Waals surface area contributed by atoms with Crippen LogP contribution in [0.3, 0.4) is 0 Å². The lowest BCUT2D eigenvalue weighted by molar-refractivity contribution is -0.120. The number of benzene rings is 2. The first kappa shape index (κ1) is 17.3. The van der Waals surface area contributed by atoms with Crippen molar-refractivity contribution in [1.29, 1.82) is 0 Å². The van der Waals surface area contributed by atoms with Crippen LogP contribution in [0.25, 0.3) is 0 Å². The van der Waals surface area contributed by atoms with Crippen molar-refractivity contribution < 1.29 is 4.79 Å². The Bertz CT molecular complexity index is 872. The van der Waals surface area contributed by atoms with E-state index in [0.717, 1.165) is 30.6 Å². The minimum Gasteiger partial charge on any atom is -0.368 e. The molecule has 4 nitrogen and oxygen atoms in total. The Morgan fingerprint density at radius 2 is 1.67 bits per heavy atom. The molecule has 0 fully saturated rings. The average molecular weight is 357 g/mol. The summed E-state index contributed by atoms with van der Waals surface area (Å²) in [5.41, 5.74) is 10.5. The van der Waals surface area contributed by atoms with Crippen molar-refractivity contribution >= 4 is 17.3 Å². The number of rotatable bonds is 5. The van der Waals surface area contributed by atoms with Crippen LogP contribution in [-0.4, -0.2) is 16.9 Å². The van der Waals surface area contributed by atoms with Crippen LogP contribution in [0.4, 0.5) is 11.4 Å². The normalized spacial score (nSPS) is 17.0. The summed E-state index contributed by atoms with van der Waals surface area (Å²) in [5.74, 6) is -0.148. The predicted octanol–water partition coefficient (Wildman–Crippen LogP) is 3.88. The molecule has 2 aromatic carbocycles. The number of carbonyl (C=O) groups is 1. The Hall–Kier alpha value is -3.14. The first-order valence-electron chi connectivity index (χ1n) is 9.34. The summed E-state index contributed by atoms with van der Waals surface area (Å²) < 4.78 is 0. The first-order chi connectivity index (χ1) is 13.2. The Balaban J connectivity index is 1.75. The van der Waals surface area contributed by atoms with Gasteiger partial charge < -0.3 is 10.6 Å². The summed E-state index contributed by atoms with van der Waals surface area (Å²) in [6, 6.07) is 21.9. The van der Waals surface area contributed by atoms with Crippen LogP contribution in [0.15, 0.2) is 79.1 Å². The number of fused-ring (bicyclic) bond motifs is 1. The SMILES string of the molecule is NC(=O)C(C1CCc2ccccc2C1)N(c1ccccc1)c1cccnc1. The van der Waals surface area contributed by atoms with Crippen molar-refractivity contribution in [2.24, 2.45) is 11.7 Å². The first-order valence-corrected chi connectivity index (χ1v) is 9.34. The number of aryl methyl sites for hydroxylation is 1. The fraction of sp³-hybridized carbons (Fsp3) is 0.217. The van der Waals surface area contributed by atoms with Gasteiger partial charge in [-0.05, 0) is 60.6 Å². The number of carbonyl (C=O) groups excluding carboxylic acids is 1. The van der Waals surface area contributed by atoms with E-state index in [4.69, 9.17) is 5.73 Å². The highest BCUT2D eigenvalue weighted by Crippen LogP contribution is 2.35. The van der Waals surface area contributed by atoms with Gasteiger partial charge in [0.1, 0.15) is 6.04 Å². The lowest BCUT2D eigenvalue weighted by Gasteiger charge is -2.38. The van der Waals surface area contributed by atoms with Gasteiger partial charge in [-0.1, -0.05) is 42.5 Å². The van der Waals surface area contributed by atoms with E-state index < -0.39 is 6.04 Å². The van der Waals surface area contributed by atoms with Gasteiger partial charge in [0, 0.05) is 11.9 Å². The Morgan fingerprint density at radius 3 is 2.37 bits per heavy atom. The quantitative estimate of drug-likeness (QED) is 0.754. The van der Waals surface area contributed by atoms with Crippen LogP contribution >= 0.6 is 0 Å². The van der Waals surface area contributed by atoms with Crippen molar-refractivity contribution in [3.8, 4) is 0 Å². The van der Waals surface area contributed by atoms with E-state index in [1.54, 1.807) is 12.4 Å². The molecule has 27 heavy (non-hydrogen) atoms. The summed E-state index contributed by atoms with van der Waals surface area (Å²) in [6.07, 6.45) is 6.30. The number of nitrogens with two attached hydrogens (primary N) is 1. The molecule has 1 amide bonds. The molecule has 0 radical (unpaired) electrons. The van der Waals surface area contributed by atoms with Crippen molar-refractivity contribution in [2.75, 3.05) is 4.90 Å². The van der Waals surface area contributed by atoms with E-state index in [1.807, 2.05) is 47.4 Å². The van der Waals surface area contributed by atoms with Gasteiger partial charge in [0.05, 0.1) is 11.9 Å². The predicted molar refractivity (Wildman–Crippen MR) is 108 cm³/mol. The van der Waals surface area contributed by atoms with E-state index in [-0.39, 0.29) is 11.8 Å². The molecule has 3 aromatic rings. The molecule has 0 spiro atoms. The molecule has 2 atom stereocenters. The molecule has 1 heterocycles. The third-order valence-corrected chi connectivity index (χ3v) is 5.36. The van der Waals surface area contributed by atoms with Crippen LogP contribution in [0.5, 0.6) is 0 Å². The molecule has 0 aliphatic heterocycles. The molecular weight excluding hydrogens is 334 g/mol. The molecule has 136 valence electrons. The largest absolute Gasteiger partial charge is 0.368 e. The van der Waals surface area contributed by atoms with Gasteiger partial charge in [0.2, 0.25) is 5.91 Å². The Morgan fingerprint density at radius 1 is 0.963 bits per heavy atom. The number of primary amides is 1. The van der Waals surface area contributed by atoms with Crippen molar-refractivity contribution in [3.05, 3.63) is 90.3 Å². The van der Waals surface area contributed by atoms with Crippen LogP contribution in [0, 0.1) is 5.92 Å². The van der Waals surface area contributed by atoms with Crippen LogP contribution in [-0.2, 0) is 17.6 Å². The number of nitrogens with zero attached hydrogens (tertiary/aromatic N) is 2. The van der Waals surface area contributed by atoms with Gasteiger partial charge in [-0.3, -0.25) is 9.78 Å². The zero-order chi connectivity index (χ0) is 18.6. The summed E-state index contributed by atoms with van der Waals surface area (Å²) in [7, 11) is 0. The van der Waals surface area contributed by atoms with Crippen LogP contribution in [0.1, 0.15) is 17.5 Å². The zero-order valence-corrected chi connectivity index (χ0v) is 15.2. The van der Waals surface area contributed by atoms with Gasteiger partial charge in [0.25, 0.3) is 0 Å². The second kappa shape index (κ2) is 7.62. The summed E-state index contributed by atoms with van der Waals surface area (Å²) in [5, 5.41) is 0. The summed E-state index contributed by atoms with van der Waals surface area (Å²) >= 11 is 0. The average Bonchev–Trinajstić information content (AvgIpc) is 2.72. The topological polar surface area (TPSA) is 59.2 Å². The van der Waals surface area contributed by atoms with E-state index in [2.05, 4.69) is 29.2 Å². The van der Waals surface area contributed by atoms with Gasteiger partial charge in [-0.15, -0.1) is 0 Å². The molecule has 2 N–H and O–H groups in total. The lowest BCUT2D eigenvalue weighted by Crippen LogP contribution is -2.49. The van der Waals surface area contributed by atoms with Crippen molar-refractivity contribution in [2.45, 2.75) is 25.3 Å². The molecule has 1 aliphatic rings. The maximum atomic E-state index is 12.7. The number of hydrogen-bond donors (Lipinski definition) is 1. The van der Waals surface area contributed by atoms with Gasteiger partial charge in [-0.25, -0.2) is 0 Å². The molecule has 0 saturated heterocycles. The number of amides is 1. The Labute approximate surface area is 159 Å². The van der Waals surface area contributed by atoms with Gasteiger partial charge in [-0.2, -0.15) is 0 Å². The molecule has 4 rings (SSSR count). The maximum Gasteiger partial charge on any atom is 0.240 e. The van der Waals surface area contributed by atoms with Gasteiger partial charge in [0.15, 0.2) is 0 Å². The second-order valence-electron chi connectivity index (χ2n) is 7.04. The number of aromatic nitrogens is 1. The number of para-hydroxylation sites is 1. The van der Waals surface area contributed by atoms with Crippen LogP contribution in [0.2, 0.25) is 0 Å². The highest BCUT2D eigenvalue weighted by molar-refractivity contribution is 5.87. The second-order valence-corrected chi connectivity index (χ2v) is 7.04. The molecule has 1 aromatic heterocycles. The highest BCUT2D eigenvalue weighted by Gasteiger charge is 2.35. The molecule has 0 saturated carbocycles. The summed E-state index contributed by atoms with van der Waals surface area (Å²) in [4.78, 5) is 19.0. The van der Waals surface area contributed by atoms with Crippen molar-refractivity contribution in [1.82, 2.24) is 4.98 Å². The number of hydrogen-bond acceptors (Lipinski definition) is 3. The number of anilines is 2. The van der Waals surface area contributed by atoms with E-state index >= 15 is 0 Å². The molecule has 4 heteroatoms. The highest BCUT2D eigenvalue weighted by atomic mass is 16.1. The smallest absolute Gasteiger partial charge is 0.240 e. The summed E-state index contributed by atoms with van der Waals surface area (Å²) in [6.45, 7) is 0. The molecule has 2 unspecified atom stereocenters. The third-order valence-electron chi connectivity index (χ3n) is 5.36. The molecule has 0 bridgehead atoms. The standard InChI is InChI=1S/C23H23N3O/c24-23(27)22(19-13-12-17-7-4-5-8-18(17)15-19)26(20-9-2-1-3-10-20)21-11-6-14-25-16-21/h1-11,14,16,19,22H,12-13,15H2,(H2,24,27). The molecule has 1 aliphatic carbocycles. The van der Waals surface area contributed by atoms with E-state index in [1.165, 1.54) is 11.1 Å². The zero-order valence-electron chi connectivity index (χ0n) is 15.2. The van der Waals surface area contributed by atoms with Gasteiger partial charge >= 0.3 is 0 Å². The monoisotopic (exact) mass is 357 g/mol. The molecular formula is C23H23N3O.